The summed E-state index contributed by atoms with van der Waals surface area (Å²) < 4.78 is 87.4. The van der Waals surface area contributed by atoms with E-state index in [-0.39, 0.29) is 32.7 Å². The fourth-order valence-corrected chi connectivity index (χ4v) is 3.70. The van der Waals surface area contributed by atoms with Gasteiger partial charge in [-0.3, -0.25) is 4.79 Å². The number of amides is 1. The second kappa shape index (κ2) is 11.6. The van der Waals surface area contributed by atoms with Crippen LogP contribution >= 0.6 is 34.8 Å². The first-order chi connectivity index (χ1) is 16.5. The molecule has 0 saturated carbocycles. The molecular formula is C22H21Cl3F6N2O3. The summed E-state index contributed by atoms with van der Waals surface area (Å²) in [6.45, 7) is -0.138. The number of halogens is 9. The van der Waals surface area contributed by atoms with E-state index in [1.165, 1.54) is 7.11 Å². The van der Waals surface area contributed by atoms with Crippen LogP contribution in [0, 0.1) is 0 Å². The number of aliphatic hydroxyl groups is 1. The Morgan fingerprint density at radius 2 is 1.64 bits per heavy atom. The zero-order chi connectivity index (χ0) is 27.5. The average molecular weight is 582 g/mol. The van der Waals surface area contributed by atoms with Crippen LogP contribution < -0.4 is 10.6 Å². The first-order valence-electron chi connectivity index (χ1n) is 10.2. The molecule has 0 heterocycles. The number of ether oxygens (including phenoxy) is 1. The molecule has 0 aromatic heterocycles. The van der Waals surface area contributed by atoms with Crippen molar-refractivity contribution in [3.8, 4) is 0 Å². The third-order valence-corrected chi connectivity index (χ3v) is 6.44. The number of alkyl halides is 6. The van der Waals surface area contributed by atoms with Crippen molar-refractivity contribution in [1.29, 1.82) is 0 Å². The molecule has 0 saturated heterocycles. The molecular weight excluding hydrogens is 561 g/mol. The smallest absolute Gasteiger partial charge is 0.381 e. The SMILES string of the molecule is CO[C@H](C)CC(=O)NCc1ccc(NC[C@](O)(c2cc(Cl)c(Cl)c(Cl)c2)C(F)(F)F)cc1C(F)(F)F. The van der Waals surface area contributed by atoms with Crippen molar-refractivity contribution in [2.75, 3.05) is 19.0 Å². The molecule has 0 aliphatic carbocycles. The average Bonchev–Trinajstić information content (AvgIpc) is 2.77. The first kappa shape index (κ1) is 30.3. The van der Waals surface area contributed by atoms with Gasteiger partial charge >= 0.3 is 12.4 Å². The Morgan fingerprint density at radius 3 is 2.14 bits per heavy atom. The minimum Gasteiger partial charge on any atom is -0.381 e. The van der Waals surface area contributed by atoms with Crippen LogP contribution in [0.5, 0.6) is 0 Å². The Morgan fingerprint density at radius 1 is 1.06 bits per heavy atom. The summed E-state index contributed by atoms with van der Waals surface area (Å²) in [5.41, 5.74) is -6.19. The van der Waals surface area contributed by atoms with Gasteiger partial charge in [0.15, 0.2) is 0 Å². The first-order valence-corrected chi connectivity index (χ1v) is 11.3. The predicted octanol–water partition coefficient (Wildman–Crippen LogP) is 6.57. The van der Waals surface area contributed by atoms with Crippen LogP contribution in [0.15, 0.2) is 30.3 Å². The fourth-order valence-electron chi connectivity index (χ4n) is 3.11. The van der Waals surface area contributed by atoms with Crippen LogP contribution in [0.2, 0.25) is 15.1 Å². The molecule has 0 unspecified atom stereocenters. The quantitative estimate of drug-likeness (QED) is 0.232. The van der Waals surface area contributed by atoms with Crippen LogP contribution in [-0.2, 0) is 27.9 Å². The number of carbonyl (C=O) groups is 1. The van der Waals surface area contributed by atoms with E-state index in [2.05, 4.69) is 10.6 Å². The van der Waals surface area contributed by atoms with Crippen LogP contribution in [0.25, 0.3) is 0 Å². The molecule has 0 bridgehead atoms. The number of rotatable bonds is 9. The van der Waals surface area contributed by atoms with Crippen molar-refractivity contribution in [2.45, 2.75) is 43.9 Å². The van der Waals surface area contributed by atoms with Gasteiger partial charge in [-0.15, -0.1) is 0 Å². The Labute approximate surface area is 217 Å². The fraction of sp³-hybridized carbons (Fsp3) is 0.409. The summed E-state index contributed by atoms with van der Waals surface area (Å²) in [7, 11) is 1.38. The van der Waals surface area contributed by atoms with Crippen LogP contribution in [0.3, 0.4) is 0 Å². The molecule has 36 heavy (non-hydrogen) atoms. The molecule has 2 aromatic rings. The van der Waals surface area contributed by atoms with Crippen molar-refractivity contribution < 1.29 is 41.0 Å². The second-order valence-electron chi connectivity index (χ2n) is 7.86. The van der Waals surface area contributed by atoms with Crippen LogP contribution in [0.4, 0.5) is 32.0 Å². The Hall–Kier alpha value is -1.92. The highest BCUT2D eigenvalue weighted by molar-refractivity contribution is 6.48. The van der Waals surface area contributed by atoms with E-state index >= 15 is 0 Å². The van der Waals surface area contributed by atoms with Crippen molar-refractivity contribution in [1.82, 2.24) is 5.32 Å². The molecule has 0 aliphatic rings. The number of anilines is 1. The third-order valence-electron chi connectivity index (χ3n) is 5.25. The molecule has 0 aliphatic heterocycles. The standard InChI is InChI=1S/C22H21Cl3F6N2O3/c1-11(36-2)5-18(34)32-9-12-3-4-14(8-15(12)21(26,27)28)33-10-20(35,22(29,30)31)13-6-16(23)19(25)17(24)7-13/h3-4,6-8,11,33,35H,5,9-10H2,1-2H3,(H,32,34)/t11-,20+/m1/s1. The maximum absolute atomic E-state index is 13.8. The van der Waals surface area contributed by atoms with E-state index in [0.29, 0.717) is 6.07 Å². The normalized spacial score (nSPS) is 14.8. The van der Waals surface area contributed by atoms with Gasteiger partial charge in [-0.1, -0.05) is 40.9 Å². The number of hydrogen-bond donors (Lipinski definition) is 3. The molecule has 5 nitrogen and oxygen atoms in total. The summed E-state index contributed by atoms with van der Waals surface area (Å²) in [6, 6.07) is 4.21. The molecule has 2 atom stereocenters. The lowest BCUT2D eigenvalue weighted by Gasteiger charge is -2.32. The van der Waals surface area contributed by atoms with Gasteiger partial charge in [-0.2, -0.15) is 26.3 Å². The molecule has 3 N–H and O–H groups in total. The van der Waals surface area contributed by atoms with Crippen LogP contribution in [0.1, 0.15) is 30.0 Å². The molecule has 200 valence electrons. The van der Waals surface area contributed by atoms with E-state index in [4.69, 9.17) is 39.5 Å². The van der Waals surface area contributed by atoms with Crippen molar-refractivity contribution in [2.24, 2.45) is 0 Å². The number of benzene rings is 2. The third kappa shape index (κ3) is 7.32. The number of carbonyl (C=O) groups excluding carboxylic acids is 1. The Kier molecular flexibility index (Phi) is 9.80. The molecule has 0 radical (unpaired) electrons. The topological polar surface area (TPSA) is 70.6 Å². The van der Waals surface area contributed by atoms with E-state index < -0.39 is 54.2 Å². The lowest BCUT2D eigenvalue weighted by Crippen LogP contribution is -2.47. The molecule has 2 aromatic carbocycles. The van der Waals surface area contributed by atoms with Gasteiger partial charge in [0.25, 0.3) is 0 Å². The largest absolute Gasteiger partial charge is 0.423 e. The maximum Gasteiger partial charge on any atom is 0.423 e. The highest BCUT2D eigenvalue weighted by atomic mass is 35.5. The highest BCUT2D eigenvalue weighted by Crippen LogP contribution is 2.43. The van der Waals surface area contributed by atoms with Gasteiger partial charge in [0, 0.05) is 19.3 Å². The summed E-state index contributed by atoms with van der Waals surface area (Å²) in [6.07, 6.45) is -10.7. The number of methoxy groups -OCH3 is 1. The van der Waals surface area contributed by atoms with Crippen molar-refractivity contribution in [3.05, 3.63) is 62.1 Å². The summed E-state index contributed by atoms with van der Waals surface area (Å²) in [5.74, 6) is -0.546. The van der Waals surface area contributed by atoms with E-state index in [1.54, 1.807) is 6.92 Å². The molecule has 14 heteroatoms. The van der Waals surface area contributed by atoms with Crippen molar-refractivity contribution in [3.63, 3.8) is 0 Å². The van der Waals surface area contributed by atoms with Gasteiger partial charge in [0.2, 0.25) is 11.5 Å². The summed E-state index contributed by atoms with van der Waals surface area (Å²) in [5, 5.41) is 14.1. The van der Waals surface area contributed by atoms with Gasteiger partial charge in [0.1, 0.15) is 0 Å². The minimum absolute atomic E-state index is 0.0771. The number of nitrogens with one attached hydrogen (secondary N) is 2. The lowest BCUT2D eigenvalue weighted by atomic mass is 9.92. The zero-order valence-corrected chi connectivity index (χ0v) is 21.0. The zero-order valence-electron chi connectivity index (χ0n) is 18.8. The Balaban J connectivity index is 2.32. The monoisotopic (exact) mass is 580 g/mol. The van der Waals surface area contributed by atoms with Gasteiger partial charge < -0.3 is 20.5 Å². The van der Waals surface area contributed by atoms with Crippen LogP contribution in [-0.4, -0.2) is 36.9 Å². The molecule has 1 amide bonds. The predicted molar refractivity (Wildman–Crippen MR) is 124 cm³/mol. The minimum atomic E-state index is -5.27. The van der Waals surface area contributed by atoms with Crippen molar-refractivity contribution >= 4 is 46.4 Å². The molecule has 2 rings (SSSR count). The van der Waals surface area contributed by atoms with E-state index in [9.17, 15) is 36.2 Å². The van der Waals surface area contributed by atoms with E-state index in [0.717, 1.165) is 24.3 Å². The molecule has 0 fully saturated rings. The number of hydrogen-bond acceptors (Lipinski definition) is 4. The second-order valence-corrected chi connectivity index (χ2v) is 9.05. The summed E-state index contributed by atoms with van der Waals surface area (Å²) in [4.78, 5) is 11.9. The van der Waals surface area contributed by atoms with Gasteiger partial charge in [-0.25, -0.2) is 0 Å². The van der Waals surface area contributed by atoms with Gasteiger partial charge in [0.05, 0.1) is 39.7 Å². The Bertz CT molecular complexity index is 1070. The molecule has 0 spiro atoms. The maximum atomic E-state index is 13.8. The van der Waals surface area contributed by atoms with Gasteiger partial charge in [-0.05, 0) is 42.3 Å². The van der Waals surface area contributed by atoms with E-state index in [1.807, 2.05) is 0 Å². The highest BCUT2D eigenvalue weighted by Gasteiger charge is 2.55. The lowest BCUT2D eigenvalue weighted by molar-refractivity contribution is -0.260. The summed E-state index contributed by atoms with van der Waals surface area (Å²) >= 11 is 17.3.